The third-order valence-corrected chi connectivity index (χ3v) is 3.76. The minimum Gasteiger partial charge on any atom is -0.207 e. The molecule has 0 nitrogen and oxygen atoms in total. The van der Waals surface area contributed by atoms with E-state index in [0.717, 1.165) is 5.56 Å². The van der Waals surface area contributed by atoms with E-state index in [0.29, 0.717) is 22.7 Å². The van der Waals surface area contributed by atoms with Crippen LogP contribution in [0.15, 0.2) is 30.3 Å². The van der Waals surface area contributed by atoms with Crippen LogP contribution in [0.1, 0.15) is 22.1 Å². The van der Waals surface area contributed by atoms with Crippen LogP contribution in [0.4, 0.5) is 13.2 Å². The number of aryl methyl sites for hydroxylation is 1. The van der Waals surface area contributed by atoms with E-state index < -0.39 is 28.4 Å². The van der Waals surface area contributed by atoms with Crippen molar-refractivity contribution in [2.75, 3.05) is 0 Å². The zero-order chi connectivity index (χ0) is 14.2. The summed E-state index contributed by atoms with van der Waals surface area (Å²) < 4.78 is 40.2. The fourth-order valence-corrected chi connectivity index (χ4v) is 2.50. The third kappa shape index (κ3) is 2.72. The molecule has 19 heavy (non-hydrogen) atoms. The van der Waals surface area contributed by atoms with Crippen molar-refractivity contribution in [3.8, 4) is 0 Å². The zero-order valence-corrected chi connectivity index (χ0v) is 11.4. The van der Waals surface area contributed by atoms with Crippen LogP contribution in [-0.2, 0) is 0 Å². The second kappa shape index (κ2) is 5.43. The quantitative estimate of drug-likeness (QED) is 0.652. The van der Waals surface area contributed by atoms with Crippen molar-refractivity contribution in [3.63, 3.8) is 0 Å². The lowest BCUT2D eigenvalue weighted by Gasteiger charge is -2.15. The van der Waals surface area contributed by atoms with E-state index in [1.807, 2.05) is 0 Å². The summed E-state index contributed by atoms with van der Waals surface area (Å²) in [6, 6.07) is 6.21. The fourth-order valence-electron chi connectivity index (χ4n) is 1.82. The normalized spacial score (nSPS) is 12.5. The molecular formula is C14H9Cl2F3. The molecule has 2 aromatic rings. The fraction of sp³-hybridized carbons (Fsp3) is 0.143. The Bertz CT molecular complexity index is 603. The molecule has 1 atom stereocenters. The van der Waals surface area contributed by atoms with Crippen LogP contribution in [0, 0.1) is 24.4 Å². The molecule has 0 saturated carbocycles. The van der Waals surface area contributed by atoms with E-state index in [-0.39, 0.29) is 0 Å². The van der Waals surface area contributed by atoms with Crippen molar-refractivity contribution in [3.05, 3.63) is 69.5 Å². The van der Waals surface area contributed by atoms with Gasteiger partial charge in [-0.25, -0.2) is 13.2 Å². The summed E-state index contributed by atoms with van der Waals surface area (Å²) in [7, 11) is 0. The molecule has 0 aliphatic rings. The van der Waals surface area contributed by atoms with Gasteiger partial charge in [-0.15, -0.1) is 11.6 Å². The first-order valence-corrected chi connectivity index (χ1v) is 6.26. The molecule has 0 aliphatic heterocycles. The molecule has 0 heterocycles. The SMILES string of the molecule is Cc1cccc(C(Cl)c2c(F)cc(F)cc2F)c1Cl. The largest absolute Gasteiger partial charge is 0.207 e. The molecule has 1 unspecified atom stereocenters. The van der Waals surface area contributed by atoms with Crippen LogP contribution in [0.2, 0.25) is 5.02 Å². The van der Waals surface area contributed by atoms with Gasteiger partial charge in [-0.05, 0) is 18.1 Å². The highest BCUT2D eigenvalue weighted by molar-refractivity contribution is 6.33. The van der Waals surface area contributed by atoms with Gasteiger partial charge in [0.2, 0.25) is 0 Å². The standard InChI is InChI=1S/C14H9Cl2F3/c1-7-3-2-4-9(13(7)15)14(16)12-10(18)5-8(17)6-11(12)19/h2-6,14H,1H3. The molecule has 100 valence electrons. The molecule has 0 saturated heterocycles. The van der Waals surface area contributed by atoms with Gasteiger partial charge >= 0.3 is 0 Å². The van der Waals surface area contributed by atoms with Gasteiger partial charge in [0.05, 0.1) is 5.38 Å². The van der Waals surface area contributed by atoms with E-state index in [4.69, 9.17) is 23.2 Å². The Morgan fingerprint density at radius 3 is 2.21 bits per heavy atom. The molecule has 0 spiro atoms. The van der Waals surface area contributed by atoms with Crippen molar-refractivity contribution in [1.82, 2.24) is 0 Å². The summed E-state index contributed by atoms with van der Waals surface area (Å²) in [5.74, 6) is -3.05. The van der Waals surface area contributed by atoms with Gasteiger partial charge in [-0.2, -0.15) is 0 Å². The van der Waals surface area contributed by atoms with E-state index in [1.54, 1.807) is 25.1 Å². The lowest BCUT2D eigenvalue weighted by atomic mass is 10.0. The molecule has 2 rings (SSSR count). The van der Waals surface area contributed by atoms with E-state index in [2.05, 4.69) is 0 Å². The van der Waals surface area contributed by atoms with Crippen molar-refractivity contribution in [2.45, 2.75) is 12.3 Å². The molecule has 0 aromatic heterocycles. The highest BCUT2D eigenvalue weighted by atomic mass is 35.5. The Hall–Kier alpha value is -1.19. The summed E-state index contributed by atoms with van der Waals surface area (Å²) >= 11 is 12.2. The monoisotopic (exact) mass is 304 g/mol. The van der Waals surface area contributed by atoms with Crippen molar-refractivity contribution in [1.29, 1.82) is 0 Å². The molecule has 0 fully saturated rings. The molecule has 0 radical (unpaired) electrons. The molecule has 0 aliphatic carbocycles. The van der Waals surface area contributed by atoms with E-state index >= 15 is 0 Å². The number of benzene rings is 2. The smallest absolute Gasteiger partial charge is 0.134 e. The number of hydrogen-bond acceptors (Lipinski definition) is 0. The second-order valence-corrected chi connectivity index (χ2v) is 4.94. The Kier molecular flexibility index (Phi) is 4.07. The minimum absolute atomic E-state index is 0.339. The lowest BCUT2D eigenvalue weighted by Crippen LogP contribution is -2.03. The maximum absolute atomic E-state index is 13.7. The topological polar surface area (TPSA) is 0 Å². The van der Waals surface area contributed by atoms with Crippen LogP contribution in [0.25, 0.3) is 0 Å². The number of alkyl halides is 1. The van der Waals surface area contributed by atoms with Gasteiger partial charge < -0.3 is 0 Å². The van der Waals surface area contributed by atoms with Gasteiger partial charge in [0.25, 0.3) is 0 Å². The number of halogens is 5. The van der Waals surface area contributed by atoms with E-state index in [1.165, 1.54) is 0 Å². The highest BCUT2D eigenvalue weighted by Gasteiger charge is 2.23. The predicted octanol–water partition coefficient (Wildman–Crippen LogP) is 5.39. The molecule has 5 heteroatoms. The third-order valence-electron chi connectivity index (χ3n) is 2.79. The molecule has 0 amide bonds. The van der Waals surface area contributed by atoms with Gasteiger partial charge in [-0.3, -0.25) is 0 Å². The van der Waals surface area contributed by atoms with Crippen molar-refractivity contribution >= 4 is 23.2 Å². The van der Waals surface area contributed by atoms with Crippen molar-refractivity contribution < 1.29 is 13.2 Å². The molecule has 2 aromatic carbocycles. The Labute approximate surface area is 118 Å². The summed E-state index contributed by atoms with van der Waals surface area (Å²) in [6.07, 6.45) is 0. The predicted molar refractivity (Wildman–Crippen MR) is 70.2 cm³/mol. The lowest BCUT2D eigenvalue weighted by molar-refractivity contribution is 0.526. The summed E-state index contributed by atoms with van der Waals surface area (Å²) in [5, 5.41) is -0.779. The number of rotatable bonds is 2. The van der Waals surface area contributed by atoms with E-state index in [9.17, 15) is 13.2 Å². The maximum atomic E-state index is 13.7. The molecule has 0 bridgehead atoms. The highest BCUT2D eigenvalue weighted by Crippen LogP contribution is 2.37. The van der Waals surface area contributed by atoms with Gasteiger partial charge in [0.15, 0.2) is 0 Å². The Morgan fingerprint density at radius 1 is 1.05 bits per heavy atom. The molecule has 0 N–H and O–H groups in total. The van der Waals surface area contributed by atoms with Crippen LogP contribution in [-0.4, -0.2) is 0 Å². The summed E-state index contributed by atoms with van der Waals surface area (Å²) in [4.78, 5) is 0. The summed E-state index contributed by atoms with van der Waals surface area (Å²) in [6.45, 7) is 1.76. The van der Waals surface area contributed by atoms with Crippen LogP contribution in [0.5, 0.6) is 0 Å². The first-order chi connectivity index (χ1) is 8.91. The first-order valence-electron chi connectivity index (χ1n) is 5.45. The van der Waals surface area contributed by atoms with Gasteiger partial charge in [-0.1, -0.05) is 29.8 Å². The van der Waals surface area contributed by atoms with Crippen LogP contribution in [0.3, 0.4) is 0 Å². The Balaban J connectivity index is 2.56. The van der Waals surface area contributed by atoms with Crippen LogP contribution < -0.4 is 0 Å². The van der Waals surface area contributed by atoms with Gasteiger partial charge in [0.1, 0.15) is 17.5 Å². The Morgan fingerprint density at radius 2 is 1.63 bits per heavy atom. The van der Waals surface area contributed by atoms with Crippen molar-refractivity contribution in [2.24, 2.45) is 0 Å². The average molecular weight is 305 g/mol. The van der Waals surface area contributed by atoms with Gasteiger partial charge in [0, 0.05) is 22.7 Å². The summed E-state index contributed by atoms with van der Waals surface area (Å²) in [5.41, 5.74) is 0.719. The number of hydrogen-bond donors (Lipinski definition) is 0. The second-order valence-electron chi connectivity index (χ2n) is 4.12. The zero-order valence-electron chi connectivity index (χ0n) is 9.85. The average Bonchev–Trinajstić information content (AvgIpc) is 2.31. The minimum atomic E-state index is -1.12. The maximum Gasteiger partial charge on any atom is 0.134 e. The molecular weight excluding hydrogens is 296 g/mol. The first kappa shape index (κ1) is 14.2. The van der Waals surface area contributed by atoms with Crippen LogP contribution >= 0.6 is 23.2 Å².